The van der Waals surface area contributed by atoms with Gasteiger partial charge in [0.25, 0.3) is 0 Å². The lowest BCUT2D eigenvalue weighted by atomic mass is 10.3. The predicted octanol–water partition coefficient (Wildman–Crippen LogP) is 2.21. The molecule has 0 saturated carbocycles. The molecule has 0 aromatic heterocycles. The van der Waals surface area contributed by atoms with E-state index in [-0.39, 0.29) is 0 Å². The fourth-order valence-corrected chi connectivity index (χ4v) is 1.56. The monoisotopic (exact) mass is 320 g/mol. The molecule has 0 aromatic rings. The lowest BCUT2D eigenvalue weighted by molar-refractivity contribution is 0.231. The molecule has 0 bridgehead atoms. The molecular weight excluding hydrogens is 292 g/mol. The molecule has 0 rings (SSSR count). The van der Waals surface area contributed by atoms with Crippen LogP contribution >= 0.6 is 0 Å². The third-order valence-electron chi connectivity index (χ3n) is 2.62. The van der Waals surface area contributed by atoms with Crippen molar-refractivity contribution in [1.82, 2.24) is 10.4 Å². The second-order valence-electron chi connectivity index (χ2n) is 4.67. The first-order chi connectivity index (χ1) is 11.0. The van der Waals surface area contributed by atoms with Gasteiger partial charge < -0.3 is 15.6 Å². The van der Waals surface area contributed by atoms with E-state index >= 15 is 0 Å². The van der Waals surface area contributed by atoms with Crippen molar-refractivity contribution in [2.45, 2.75) is 27.7 Å². The van der Waals surface area contributed by atoms with Crippen molar-refractivity contribution in [3.63, 3.8) is 0 Å². The van der Waals surface area contributed by atoms with Gasteiger partial charge in [-0.25, -0.2) is 10.4 Å². The summed E-state index contributed by atoms with van der Waals surface area (Å²) in [6, 6.07) is 0. The Morgan fingerprint density at radius 1 is 1.35 bits per heavy atom. The molecule has 0 amide bonds. The minimum absolute atomic E-state index is 0.464. The van der Waals surface area contributed by atoms with Crippen LogP contribution in [0.5, 0.6) is 0 Å². The van der Waals surface area contributed by atoms with Crippen LogP contribution < -0.4 is 11.2 Å². The maximum absolute atomic E-state index is 5.90. The fourth-order valence-electron chi connectivity index (χ4n) is 1.56. The van der Waals surface area contributed by atoms with Crippen LogP contribution in [0.4, 0.5) is 0 Å². The molecule has 7 nitrogen and oxygen atoms in total. The molecule has 3 N–H and O–H groups in total. The average molecular weight is 320 g/mol. The van der Waals surface area contributed by atoms with E-state index in [1.54, 1.807) is 32.2 Å². The van der Waals surface area contributed by atoms with Crippen LogP contribution in [0.2, 0.25) is 0 Å². The number of rotatable bonds is 9. The number of hydrazine groups is 1. The minimum atomic E-state index is 0.464. The summed E-state index contributed by atoms with van der Waals surface area (Å²) in [5.74, 6) is 1.04. The molecule has 0 atom stereocenters. The first kappa shape index (κ1) is 20.6. The van der Waals surface area contributed by atoms with Crippen molar-refractivity contribution in [1.29, 1.82) is 0 Å². The first-order valence-corrected chi connectivity index (χ1v) is 7.39. The summed E-state index contributed by atoms with van der Waals surface area (Å²) in [5.41, 5.74) is 10.5. The minimum Gasteiger partial charge on any atom is -0.399 e. The maximum atomic E-state index is 5.90. The van der Waals surface area contributed by atoms with Gasteiger partial charge in [0.2, 0.25) is 0 Å². The van der Waals surface area contributed by atoms with E-state index in [4.69, 9.17) is 10.6 Å². The zero-order valence-electron chi connectivity index (χ0n) is 14.7. The van der Waals surface area contributed by atoms with Crippen molar-refractivity contribution in [2.75, 3.05) is 20.1 Å². The van der Waals surface area contributed by atoms with E-state index in [2.05, 4.69) is 34.2 Å². The topological polar surface area (TPSA) is 87.6 Å². The third-order valence-corrected chi connectivity index (χ3v) is 2.62. The van der Waals surface area contributed by atoms with Gasteiger partial charge in [-0.3, -0.25) is 4.99 Å². The van der Waals surface area contributed by atoms with Crippen molar-refractivity contribution in [3.8, 4) is 0 Å². The number of nitrogens with one attached hydrogen (secondary N) is 1. The van der Waals surface area contributed by atoms with Crippen LogP contribution in [0, 0.1) is 0 Å². The van der Waals surface area contributed by atoms with Crippen LogP contribution in [0.1, 0.15) is 27.7 Å². The van der Waals surface area contributed by atoms with Gasteiger partial charge in [0.1, 0.15) is 11.6 Å². The Hall–Kier alpha value is -2.41. The molecule has 128 valence electrons. The highest BCUT2D eigenvalue weighted by Crippen LogP contribution is 2.02. The number of hydrogen-bond donors (Lipinski definition) is 2. The zero-order valence-corrected chi connectivity index (χ0v) is 14.7. The summed E-state index contributed by atoms with van der Waals surface area (Å²) in [5, 5.41) is 5.63. The number of amidine groups is 1. The summed E-state index contributed by atoms with van der Waals surface area (Å²) in [6.45, 7) is 12.5. The molecule has 0 saturated heterocycles. The Balaban J connectivity index is 4.93. The number of nitrogens with zero attached hydrogens (tertiary/aromatic N) is 4. The van der Waals surface area contributed by atoms with Crippen LogP contribution in [-0.4, -0.2) is 43.9 Å². The van der Waals surface area contributed by atoms with Crippen molar-refractivity contribution in [2.24, 2.45) is 20.9 Å². The third kappa shape index (κ3) is 10.0. The van der Waals surface area contributed by atoms with Gasteiger partial charge in [-0.15, -0.1) is 0 Å². The fraction of sp³-hybridized carbons (Fsp3) is 0.438. The van der Waals surface area contributed by atoms with Gasteiger partial charge in [-0.1, -0.05) is 5.16 Å². The van der Waals surface area contributed by atoms with E-state index in [1.807, 2.05) is 25.2 Å². The molecule has 0 spiro atoms. The molecule has 0 unspecified atom stereocenters. The van der Waals surface area contributed by atoms with Crippen molar-refractivity contribution >= 4 is 18.8 Å². The molecule has 0 aliphatic carbocycles. The van der Waals surface area contributed by atoms with Crippen LogP contribution in [0.3, 0.4) is 0 Å². The molecule has 0 aliphatic heterocycles. The molecule has 23 heavy (non-hydrogen) atoms. The lowest BCUT2D eigenvalue weighted by Crippen LogP contribution is -2.29. The van der Waals surface area contributed by atoms with Gasteiger partial charge in [0, 0.05) is 43.9 Å². The van der Waals surface area contributed by atoms with Crippen LogP contribution in [-0.2, 0) is 4.84 Å². The quantitative estimate of drug-likeness (QED) is 0.224. The van der Waals surface area contributed by atoms with Gasteiger partial charge in [-0.2, -0.15) is 0 Å². The summed E-state index contributed by atoms with van der Waals surface area (Å²) in [6.07, 6.45) is 6.84. The highest BCUT2D eigenvalue weighted by atomic mass is 16.6. The normalized spacial score (nSPS) is 14.3. The van der Waals surface area contributed by atoms with E-state index in [1.165, 1.54) is 0 Å². The van der Waals surface area contributed by atoms with E-state index in [0.29, 0.717) is 23.8 Å². The summed E-state index contributed by atoms with van der Waals surface area (Å²) < 4.78 is 0. The van der Waals surface area contributed by atoms with E-state index in [9.17, 15) is 0 Å². The Morgan fingerprint density at radius 2 is 2.04 bits per heavy atom. The van der Waals surface area contributed by atoms with Gasteiger partial charge >= 0.3 is 0 Å². The van der Waals surface area contributed by atoms with Gasteiger partial charge in [0.05, 0.1) is 6.54 Å². The Morgan fingerprint density at radius 3 is 2.57 bits per heavy atom. The first-order valence-electron chi connectivity index (χ1n) is 7.39. The van der Waals surface area contributed by atoms with Gasteiger partial charge in [-0.05, 0) is 40.0 Å². The SMILES string of the molecule is C=NC(C=C(N)/C=C(\C)O/N=C/C)=NC/C(C)=C/N(CC)NC. The molecule has 0 aliphatic rings. The predicted molar refractivity (Wildman–Crippen MR) is 98.3 cm³/mol. The van der Waals surface area contributed by atoms with Gasteiger partial charge in [0.15, 0.2) is 0 Å². The molecule has 7 heteroatoms. The lowest BCUT2D eigenvalue weighted by Gasteiger charge is -2.17. The highest BCUT2D eigenvalue weighted by Gasteiger charge is 1.97. The summed E-state index contributed by atoms with van der Waals surface area (Å²) >= 11 is 0. The number of nitrogens with two attached hydrogens (primary N) is 1. The number of allylic oxidation sites excluding steroid dienone is 2. The average Bonchev–Trinajstić information content (AvgIpc) is 2.54. The molecular formula is C16H28N6O. The largest absolute Gasteiger partial charge is 0.399 e. The number of aliphatic imine (C=N–C) groups is 2. The Kier molecular flexibility index (Phi) is 10.9. The standard InChI is InChI=1S/C16H28N6O/c1-7-21-23-14(4)9-15(17)10-16(18-5)20-11-13(3)12-22(8-2)19-6/h7,9-10,12,19H,5,8,11,17H2,1-4,6H3/b13-12+,14-9+,15-10?,20-16?,21-7+. The Labute approximate surface area is 139 Å². The van der Waals surface area contributed by atoms with Crippen LogP contribution in [0.25, 0.3) is 0 Å². The molecule has 0 radical (unpaired) electrons. The van der Waals surface area contributed by atoms with E-state index < -0.39 is 0 Å². The highest BCUT2D eigenvalue weighted by molar-refractivity contribution is 5.96. The number of hydrogen-bond acceptors (Lipinski definition) is 6. The smallest absolute Gasteiger partial charge is 0.148 e. The molecule has 0 heterocycles. The van der Waals surface area contributed by atoms with Crippen molar-refractivity contribution in [3.05, 3.63) is 35.4 Å². The Bertz CT molecular complexity index is 513. The number of oxime groups is 1. The molecule has 0 fully saturated rings. The zero-order chi connectivity index (χ0) is 17.7. The van der Waals surface area contributed by atoms with E-state index in [0.717, 1.165) is 12.1 Å². The van der Waals surface area contributed by atoms with Crippen molar-refractivity contribution < 1.29 is 4.84 Å². The summed E-state index contributed by atoms with van der Waals surface area (Å²) in [7, 11) is 1.87. The second kappa shape index (κ2) is 12.2. The summed E-state index contributed by atoms with van der Waals surface area (Å²) in [4.78, 5) is 13.3. The van der Waals surface area contributed by atoms with Crippen LogP contribution in [0.15, 0.2) is 50.5 Å². The maximum Gasteiger partial charge on any atom is 0.148 e. The molecule has 0 aromatic carbocycles. The second-order valence-corrected chi connectivity index (χ2v) is 4.67.